The van der Waals surface area contributed by atoms with Crippen LogP contribution in [-0.2, 0) is 6.54 Å². The van der Waals surface area contributed by atoms with Crippen LogP contribution in [0.4, 0.5) is 23.1 Å². The van der Waals surface area contributed by atoms with Gasteiger partial charge in [0.25, 0.3) is 5.69 Å². The lowest BCUT2D eigenvalue weighted by Crippen LogP contribution is -2.06. The molecule has 0 atom stereocenters. The van der Waals surface area contributed by atoms with Gasteiger partial charge in [-0.3, -0.25) is 10.1 Å². The molecule has 2 N–H and O–H groups in total. The number of ether oxygens (including phenoxy) is 1. The Morgan fingerprint density at radius 3 is 2.57 bits per heavy atom. The average Bonchev–Trinajstić information content (AvgIpc) is 2.78. The zero-order valence-electron chi connectivity index (χ0n) is 16.2. The molecule has 0 unspecified atom stereocenters. The number of non-ortho nitro benzene ring substituents is 1. The van der Waals surface area contributed by atoms with Gasteiger partial charge in [0.05, 0.1) is 17.5 Å². The minimum atomic E-state index is -0.436. The molecule has 150 valence electrons. The number of aromatic nitrogens is 2. The van der Waals surface area contributed by atoms with Crippen molar-refractivity contribution in [3.8, 4) is 5.75 Å². The van der Waals surface area contributed by atoms with Crippen molar-refractivity contribution in [2.75, 3.05) is 17.7 Å². The molecule has 0 saturated heterocycles. The Bertz CT molecular complexity index is 1190. The molecule has 0 bridgehead atoms. The van der Waals surface area contributed by atoms with Crippen LogP contribution in [0.1, 0.15) is 5.56 Å². The van der Waals surface area contributed by atoms with Crippen LogP contribution in [0.25, 0.3) is 10.9 Å². The SMILES string of the molecule is COc1ccc(CNc2nc(Nc3cccc([N+](=O)[O-])c3)nc3ccccc23)cc1. The molecular formula is C22H19N5O3. The molecule has 3 aromatic carbocycles. The van der Waals surface area contributed by atoms with Crippen LogP contribution in [-0.4, -0.2) is 22.0 Å². The maximum Gasteiger partial charge on any atom is 0.271 e. The number of nitrogens with one attached hydrogen (secondary N) is 2. The Kier molecular flexibility index (Phi) is 5.38. The van der Waals surface area contributed by atoms with Gasteiger partial charge in [0, 0.05) is 29.8 Å². The van der Waals surface area contributed by atoms with Crippen LogP contribution in [0.5, 0.6) is 5.75 Å². The minimum absolute atomic E-state index is 0.00126. The highest BCUT2D eigenvalue weighted by molar-refractivity contribution is 5.90. The number of nitro benzene ring substituents is 1. The molecule has 0 spiro atoms. The van der Waals surface area contributed by atoms with Crippen molar-refractivity contribution in [2.45, 2.75) is 6.54 Å². The van der Waals surface area contributed by atoms with E-state index in [1.807, 2.05) is 48.5 Å². The maximum atomic E-state index is 11.0. The predicted octanol–water partition coefficient (Wildman–Crippen LogP) is 4.90. The summed E-state index contributed by atoms with van der Waals surface area (Å²) >= 11 is 0. The van der Waals surface area contributed by atoms with Gasteiger partial charge in [0.1, 0.15) is 11.6 Å². The quantitative estimate of drug-likeness (QED) is 0.335. The summed E-state index contributed by atoms with van der Waals surface area (Å²) in [4.78, 5) is 19.7. The van der Waals surface area contributed by atoms with Gasteiger partial charge in [0.2, 0.25) is 5.95 Å². The number of para-hydroxylation sites is 1. The van der Waals surface area contributed by atoms with Crippen LogP contribution >= 0.6 is 0 Å². The molecule has 8 nitrogen and oxygen atoms in total. The van der Waals surface area contributed by atoms with Crippen LogP contribution in [0.15, 0.2) is 72.8 Å². The zero-order valence-corrected chi connectivity index (χ0v) is 16.2. The van der Waals surface area contributed by atoms with E-state index in [2.05, 4.69) is 20.6 Å². The smallest absolute Gasteiger partial charge is 0.271 e. The number of rotatable bonds is 7. The van der Waals surface area contributed by atoms with Crippen molar-refractivity contribution < 1.29 is 9.66 Å². The van der Waals surface area contributed by atoms with Gasteiger partial charge in [-0.15, -0.1) is 0 Å². The number of nitrogens with zero attached hydrogens (tertiary/aromatic N) is 3. The Morgan fingerprint density at radius 1 is 1.00 bits per heavy atom. The van der Waals surface area contributed by atoms with E-state index in [9.17, 15) is 10.1 Å². The van der Waals surface area contributed by atoms with Gasteiger partial charge in [-0.25, -0.2) is 4.98 Å². The van der Waals surface area contributed by atoms with Crippen LogP contribution in [0.3, 0.4) is 0 Å². The van der Waals surface area contributed by atoms with Gasteiger partial charge >= 0.3 is 0 Å². The number of benzene rings is 3. The molecule has 1 aromatic heterocycles. The molecule has 0 amide bonds. The number of hydrogen-bond acceptors (Lipinski definition) is 7. The van der Waals surface area contributed by atoms with Crippen molar-refractivity contribution in [3.63, 3.8) is 0 Å². The molecule has 1 heterocycles. The molecule has 0 saturated carbocycles. The lowest BCUT2D eigenvalue weighted by molar-refractivity contribution is -0.384. The summed E-state index contributed by atoms with van der Waals surface area (Å²) in [6, 6.07) is 21.7. The van der Waals surface area contributed by atoms with Gasteiger partial charge in [-0.05, 0) is 35.9 Å². The van der Waals surface area contributed by atoms with Crippen molar-refractivity contribution in [3.05, 3.63) is 88.5 Å². The minimum Gasteiger partial charge on any atom is -0.497 e. The highest BCUT2D eigenvalue weighted by Crippen LogP contribution is 2.25. The first-order chi connectivity index (χ1) is 14.6. The molecule has 4 rings (SSSR count). The first kappa shape index (κ1) is 19.1. The van der Waals surface area contributed by atoms with E-state index in [-0.39, 0.29) is 5.69 Å². The molecule has 30 heavy (non-hydrogen) atoms. The molecule has 4 aromatic rings. The number of nitro groups is 1. The maximum absolute atomic E-state index is 11.0. The second kappa shape index (κ2) is 8.44. The van der Waals surface area contributed by atoms with Gasteiger partial charge < -0.3 is 15.4 Å². The second-order valence-corrected chi connectivity index (χ2v) is 6.55. The van der Waals surface area contributed by atoms with E-state index >= 15 is 0 Å². The number of methoxy groups -OCH3 is 1. The summed E-state index contributed by atoms with van der Waals surface area (Å²) in [5, 5.41) is 18.3. The third-order valence-electron chi connectivity index (χ3n) is 4.54. The summed E-state index contributed by atoms with van der Waals surface area (Å²) in [6.07, 6.45) is 0. The summed E-state index contributed by atoms with van der Waals surface area (Å²) in [7, 11) is 1.64. The fraction of sp³-hybridized carbons (Fsp3) is 0.0909. The highest BCUT2D eigenvalue weighted by Gasteiger charge is 2.10. The summed E-state index contributed by atoms with van der Waals surface area (Å²) < 4.78 is 5.19. The monoisotopic (exact) mass is 401 g/mol. The lowest BCUT2D eigenvalue weighted by Gasteiger charge is -2.12. The summed E-state index contributed by atoms with van der Waals surface area (Å²) in [5.74, 6) is 1.82. The largest absolute Gasteiger partial charge is 0.497 e. The lowest BCUT2D eigenvalue weighted by atomic mass is 10.2. The van der Waals surface area contributed by atoms with Crippen LogP contribution in [0.2, 0.25) is 0 Å². The topological polar surface area (TPSA) is 102 Å². The van der Waals surface area contributed by atoms with Crippen molar-refractivity contribution in [1.29, 1.82) is 0 Å². The summed E-state index contributed by atoms with van der Waals surface area (Å²) in [6.45, 7) is 0.571. The predicted molar refractivity (Wildman–Crippen MR) is 116 cm³/mol. The van der Waals surface area contributed by atoms with E-state index in [4.69, 9.17) is 4.74 Å². The van der Waals surface area contributed by atoms with Crippen molar-refractivity contribution >= 4 is 34.0 Å². The van der Waals surface area contributed by atoms with E-state index in [1.54, 1.807) is 19.2 Å². The van der Waals surface area contributed by atoms with Crippen molar-refractivity contribution in [1.82, 2.24) is 9.97 Å². The third-order valence-corrected chi connectivity index (χ3v) is 4.54. The van der Waals surface area contributed by atoms with Crippen molar-refractivity contribution in [2.24, 2.45) is 0 Å². The number of hydrogen-bond donors (Lipinski definition) is 2. The third kappa shape index (κ3) is 4.27. The van der Waals surface area contributed by atoms with Gasteiger partial charge in [-0.2, -0.15) is 4.98 Å². The van der Waals surface area contributed by atoms with E-state index in [0.29, 0.717) is 24.0 Å². The number of fused-ring (bicyclic) bond motifs is 1. The van der Waals surface area contributed by atoms with Crippen LogP contribution < -0.4 is 15.4 Å². The van der Waals surface area contributed by atoms with Crippen LogP contribution in [0, 0.1) is 10.1 Å². The fourth-order valence-corrected chi connectivity index (χ4v) is 3.02. The normalized spacial score (nSPS) is 10.6. The first-order valence-electron chi connectivity index (χ1n) is 9.27. The Labute approximate surface area is 172 Å². The molecule has 0 aliphatic rings. The zero-order chi connectivity index (χ0) is 20.9. The second-order valence-electron chi connectivity index (χ2n) is 6.55. The molecule has 8 heteroatoms. The molecule has 0 aliphatic heterocycles. The highest BCUT2D eigenvalue weighted by atomic mass is 16.6. The number of anilines is 3. The standard InChI is InChI=1S/C22H19N5O3/c1-30-18-11-9-15(10-12-18)14-23-21-19-7-2-3-8-20(19)25-22(26-21)24-16-5-4-6-17(13-16)27(28)29/h2-13H,14H2,1H3,(H2,23,24,25,26). The Balaban J connectivity index is 1.62. The van der Waals surface area contributed by atoms with Gasteiger partial charge in [0.15, 0.2) is 0 Å². The first-order valence-corrected chi connectivity index (χ1v) is 9.27. The fourth-order valence-electron chi connectivity index (χ4n) is 3.02. The Morgan fingerprint density at radius 2 is 1.80 bits per heavy atom. The van der Waals surface area contributed by atoms with Gasteiger partial charge in [-0.1, -0.05) is 30.3 Å². The van der Waals surface area contributed by atoms with E-state index < -0.39 is 4.92 Å². The average molecular weight is 401 g/mol. The molecule has 0 aliphatic carbocycles. The summed E-state index contributed by atoms with van der Waals surface area (Å²) in [5.41, 5.74) is 2.38. The van der Waals surface area contributed by atoms with E-state index in [1.165, 1.54) is 12.1 Å². The molecule has 0 radical (unpaired) electrons. The van der Waals surface area contributed by atoms with E-state index in [0.717, 1.165) is 22.2 Å². The molecular weight excluding hydrogens is 382 g/mol. The Hall–Kier alpha value is -4.20. The molecule has 0 fully saturated rings.